The normalized spacial score (nSPS) is 17.5. The van der Waals surface area contributed by atoms with Crippen molar-refractivity contribution < 1.29 is 39.9 Å². The monoisotopic (exact) mass is 474 g/mol. The van der Waals surface area contributed by atoms with E-state index in [1.165, 1.54) is 0 Å². The second-order valence-corrected chi connectivity index (χ2v) is 9.83. The first kappa shape index (κ1) is 22.8. The van der Waals surface area contributed by atoms with Gasteiger partial charge >= 0.3 is 6.18 Å². The van der Waals surface area contributed by atoms with Gasteiger partial charge in [-0.2, -0.15) is 13.2 Å². The lowest BCUT2D eigenvalue weighted by Crippen LogP contribution is -2.36. The number of rotatable bonds is 6. The molecule has 1 aliphatic rings. The highest BCUT2D eigenvalue weighted by Gasteiger charge is 2.44. The van der Waals surface area contributed by atoms with Crippen LogP contribution < -0.4 is 4.90 Å². The summed E-state index contributed by atoms with van der Waals surface area (Å²) in [5.41, 5.74) is -5.30. The molecule has 1 atom stereocenters. The van der Waals surface area contributed by atoms with E-state index in [0.29, 0.717) is 24.4 Å². The van der Waals surface area contributed by atoms with Crippen molar-refractivity contribution in [2.75, 3.05) is 24.7 Å². The van der Waals surface area contributed by atoms with Gasteiger partial charge in [0.05, 0.1) is 4.90 Å². The van der Waals surface area contributed by atoms with Crippen molar-refractivity contribution >= 4 is 26.3 Å². The Morgan fingerprint density at radius 3 is 2.17 bits per heavy atom. The molecule has 1 N–H and O–H groups in total. The van der Waals surface area contributed by atoms with Gasteiger partial charge in [0.2, 0.25) is 9.84 Å². The second-order valence-electron chi connectivity index (χ2n) is 6.71. The van der Waals surface area contributed by atoms with Crippen LogP contribution in [0.1, 0.15) is 24.1 Å². The highest BCUT2D eigenvalue weighted by atomic mass is 32.2. The summed E-state index contributed by atoms with van der Waals surface area (Å²) in [6.07, 6.45) is -7.04. The van der Waals surface area contributed by atoms with E-state index in [2.05, 4.69) is 4.98 Å². The van der Waals surface area contributed by atoms with Crippen LogP contribution in [0, 0.1) is 0 Å². The van der Waals surface area contributed by atoms with E-state index in [4.69, 9.17) is 0 Å². The lowest BCUT2D eigenvalue weighted by atomic mass is 9.96. The summed E-state index contributed by atoms with van der Waals surface area (Å²) in [6, 6.07) is 2.99. The maximum atomic E-state index is 13.5. The molecule has 0 bridgehead atoms. The highest BCUT2D eigenvalue weighted by molar-refractivity contribution is 7.93. The van der Waals surface area contributed by atoms with Crippen molar-refractivity contribution in [2.24, 2.45) is 0 Å². The minimum absolute atomic E-state index is 0.0699. The molecular formula is C17H16F6N2O3S2. The molecule has 13 heteroatoms. The Hall–Kier alpha value is -1.86. The summed E-state index contributed by atoms with van der Waals surface area (Å²) in [5, 5.41) is 9.65. The molecule has 0 amide bonds. The van der Waals surface area contributed by atoms with Crippen molar-refractivity contribution in [1.82, 2.24) is 4.98 Å². The molecule has 1 aliphatic heterocycles. The number of sulfone groups is 1. The van der Waals surface area contributed by atoms with Crippen LogP contribution in [0.4, 0.5) is 31.5 Å². The topological polar surface area (TPSA) is 70.5 Å². The molecule has 2 aromatic rings. The third kappa shape index (κ3) is 4.02. The Kier molecular flexibility index (Phi) is 6.09. The Morgan fingerprint density at radius 1 is 1.13 bits per heavy atom. The third-order valence-electron chi connectivity index (χ3n) is 4.70. The first-order valence-electron chi connectivity index (χ1n) is 8.66. The minimum atomic E-state index is -5.03. The number of alkyl halides is 6. The molecule has 0 saturated carbocycles. The van der Waals surface area contributed by atoms with E-state index in [1.54, 1.807) is 4.90 Å². The summed E-state index contributed by atoms with van der Waals surface area (Å²) in [6.45, 7) is -0.925. The molecule has 1 unspecified atom stereocenters. The molecule has 1 saturated heterocycles. The number of aliphatic hydroxyl groups is 1. The van der Waals surface area contributed by atoms with Crippen LogP contribution in [0.25, 0.3) is 0 Å². The van der Waals surface area contributed by atoms with E-state index in [-0.39, 0.29) is 5.13 Å². The summed E-state index contributed by atoms with van der Waals surface area (Å²) in [5.74, 6) is 0. The van der Waals surface area contributed by atoms with Gasteiger partial charge in [-0.25, -0.2) is 26.6 Å². The predicted molar refractivity (Wildman–Crippen MR) is 96.3 cm³/mol. The first-order valence-corrected chi connectivity index (χ1v) is 11.0. The maximum absolute atomic E-state index is 13.5. The summed E-state index contributed by atoms with van der Waals surface area (Å²) in [4.78, 5) is 4.44. The lowest BCUT2D eigenvalue weighted by molar-refractivity contribution is -0.142. The third-order valence-corrected chi connectivity index (χ3v) is 8.10. The number of benzene rings is 1. The maximum Gasteiger partial charge on any atom is 0.435 e. The summed E-state index contributed by atoms with van der Waals surface area (Å²) in [7, 11) is -4.70. The number of anilines is 1. The number of aromatic nitrogens is 1. The lowest BCUT2D eigenvalue weighted by Gasteiger charge is -2.24. The van der Waals surface area contributed by atoms with Crippen LogP contribution in [0.3, 0.4) is 0 Å². The van der Waals surface area contributed by atoms with Crippen molar-refractivity contribution in [3.63, 3.8) is 0 Å². The van der Waals surface area contributed by atoms with Crippen LogP contribution in [-0.4, -0.2) is 44.7 Å². The van der Waals surface area contributed by atoms with E-state index < -0.39 is 55.1 Å². The zero-order valence-electron chi connectivity index (χ0n) is 15.2. The fraction of sp³-hybridized carbons (Fsp3) is 0.471. The first-order chi connectivity index (χ1) is 13.9. The average molecular weight is 474 g/mol. The number of thiazole rings is 1. The van der Waals surface area contributed by atoms with E-state index >= 15 is 0 Å². The fourth-order valence-corrected chi connectivity index (χ4v) is 5.94. The second kappa shape index (κ2) is 8.00. The van der Waals surface area contributed by atoms with Crippen molar-refractivity contribution in [3.8, 4) is 0 Å². The van der Waals surface area contributed by atoms with Crippen molar-refractivity contribution in [2.45, 2.75) is 40.1 Å². The average Bonchev–Trinajstić information content (AvgIpc) is 3.36. The largest absolute Gasteiger partial charge is 0.435 e. The Labute approximate surface area is 171 Å². The van der Waals surface area contributed by atoms with Gasteiger partial charge in [0.1, 0.15) is 6.67 Å². The standard InChI is InChI=1S/C17H16F6N2O3S2/c18-9-16(26,14(19)20)10-3-5-11(6-4-10)30(27,28)13-12(17(21,22)23)24-15(29-13)25-7-1-2-8-25/h3-6,14,26H,1-2,7-9H2. The van der Waals surface area contributed by atoms with Crippen LogP contribution >= 0.6 is 11.3 Å². The van der Waals surface area contributed by atoms with Gasteiger partial charge in [-0.1, -0.05) is 23.5 Å². The predicted octanol–water partition coefficient (Wildman–Crippen LogP) is 4.02. The number of hydrogen-bond acceptors (Lipinski definition) is 6. The quantitative estimate of drug-likeness (QED) is 0.641. The molecule has 0 aliphatic carbocycles. The molecule has 0 spiro atoms. The van der Waals surface area contributed by atoms with E-state index in [9.17, 15) is 39.9 Å². The number of halogens is 6. The molecule has 5 nitrogen and oxygen atoms in total. The van der Waals surface area contributed by atoms with E-state index in [0.717, 1.165) is 37.1 Å². The fourth-order valence-electron chi connectivity index (χ4n) is 2.99. The van der Waals surface area contributed by atoms with Crippen molar-refractivity contribution in [1.29, 1.82) is 0 Å². The number of nitrogens with zero attached hydrogens (tertiary/aromatic N) is 2. The molecule has 30 heavy (non-hydrogen) atoms. The van der Waals surface area contributed by atoms with Crippen molar-refractivity contribution in [3.05, 3.63) is 35.5 Å². The van der Waals surface area contributed by atoms with Gasteiger partial charge in [-0.05, 0) is 30.5 Å². The van der Waals surface area contributed by atoms with Gasteiger partial charge in [0, 0.05) is 13.1 Å². The molecule has 3 rings (SSSR count). The molecule has 166 valence electrons. The van der Waals surface area contributed by atoms with Gasteiger partial charge in [0.15, 0.2) is 20.6 Å². The van der Waals surface area contributed by atoms with E-state index in [1.807, 2.05) is 0 Å². The highest BCUT2D eigenvalue weighted by Crippen LogP contribution is 2.43. The zero-order chi connectivity index (χ0) is 22.3. The molecule has 1 aromatic carbocycles. The molecule has 1 aromatic heterocycles. The zero-order valence-corrected chi connectivity index (χ0v) is 16.8. The molecular weight excluding hydrogens is 458 g/mol. The minimum Gasteiger partial charge on any atom is -0.377 e. The van der Waals surface area contributed by atoms with Crippen LogP contribution in [0.15, 0.2) is 33.4 Å². The molecule has 0 radical (unpaired) electrons. The van der Waals surface area contributed by atoms with Crippen LogP contribution in [0.2, 0.25) is 0 Å². The van der Waals surface area contributed by atoms with Gasteiger partial charge in [-0.3, -0.25) is 0 Å². The number of hydrogen-bond donors (Lipinski definition) is 1. The van der Waals surface area contributed by atoms with Crippen LogP contribution in [-0.2, 0) is 21.6 Å². The smallest absolute Gasteiger partial charge is 0.377 e. The Morgan fingerprint density at radius 2 is 1.70 bits per heavy atom. The van der Waals surface area contributed by atoms with Crippen LogP contribution in [0.5, 0.6) is 0 Å². The Bertz CT molecular complexity index is 1000. The Balaban J connectivity index is 2.05. The van der Waals surface area contributed by atoms with Gasteiger partial charge in [0.25, 0.3) is 6.43 Å². The van der Waals surface area contributed by atoms with Gasteiger partial charge < -0.3 is 10.0 Å². The summed E-state index contributed by atoms with van der Waals surface area (Å²) < 4.78 is 104. The molecule has 2 heterocycles. The SMILES string of the molecule is O=S(=O)(c1ccc(C(O)(CF)C(F)F)cc1)c1sc(N2CCCC2)nc1C(F)(F)F. The molecule has 1 fully saturated rings. The van der Waals surface area contributed by atoms with Gasteiger partial charge in [-0.15, -0.1) is 0 Å². The summed E-state index contributed by atoms with van der Waals surface area (Å²) >= 11 is 0.382.